The quantitative estimate of drug-likeness (QED) is 0.717. The van der Waals surface area contributed by atoms with Crippen LogP contribution in [-0.2, 0) is 0 Å². The van der Waals surface area contributed by atoms with Crippen LogP contribution in [0.5, 0.6) is 0 Å². The van der Waals surface area contributed by atoms with E-state index in [0.29, 0.717) is 21.2 Å². The second-order valence-electron chi connectivity index (χ2n) is 3.46. The largest absolute Gasteiger partial charge is 0.397 e. The average molecular weight is 335 g/mol. The van der Waals surface area contributed by atoms with Crippen LogP contribution in [0.4, 0.5) is 10.1 Å². The van der Waals surface area contributed by atoms with Crippen molar-refractivity contribution in [3.63, 3.8) is 0 Å². The van der Waals surface area contributed by atoms with Gasteiger partial charge in [-0.3, -0.25) is 0 Å². The van der Waals surface area contributed by atoms with E-state index in [2.05, 4.69) is 15.9 Å². The maximum atomic E-state index is 13.3. The SMILES string of the molecule is Nc1cc(F)cc(-c2cccc(Br)c2Cl)c1Cl. The van der Waals surface area contributed by atoms with E-state index in [1.165, 1.54) is 12.1 Å². The lowest BCUT2D eigenvalue weighted by Crippen LogP contribution is -1.92. The highest BCUT2D eigenvalue weighted by atomic mass is 79.9. The molecule has 0 aliphatic heterocycles. The summed E-state index contributed by atoms with van der Waals surface area (Å²) >= 11 is 15.5. The molecule has 2 aromatic rings. The lowest BCUT2D eigenvalue weighted by molar-refractivity contribution is 0.629. The van der Waals surface area contributed by atoms with E-state index in [9.17, 15) is 4.39 Å². The molecule has 0 saturated carbocycles. The fourth-order valence-electron chi connectivity index (χ4n) is 1.52. The van der Waals surface area contributed by atoms with Gasteiger partial charge in [0.1, 0.15) is 5.82 Å². The van der Waals surface area contributed by atoms with Gasteiger partial charge in [-0.15, -0.1) is 0 Å². The van der Waals surface area contributed by atoms with Crippen molar-refractivity contribution in [2.45, 2.75) is 0 Å². The summed E-state index contributed by atoms with van der Waals surface area (Å²) in [5.41, 5.74) is 6.93. The number of hydrogen-bond acceptors (Lipinski definition) is 1. The molecule has 2 rings (SSSR count). The Balaban J connectivity index is 2.73. The highest BCUT2D eigenvalue weighted by Gasteiger charge is 2.13. The number of halogens is 4. The highest BCUT2D eigenvalue weighted by Crippen LogP contribution is 2.39. The summed E-state index contributed by atoms with van der Waals surface area (Å²) in [7, 11) is 0. The number of hydrogen-bond donors (Lipinski definition) is 1. The van der Waals surface area contributed by atoms with Crippen molar-refractivity contribution in [2.24, 2.45) is 0 Å². The molecule has 0 bridgehead atoms. The van der Waals surface area contributed by atoms with Gasteiger partial charge in [-0.1, -0.05) is 35.3 Å². The summed E-state index contributed by atoms with van der Waals surface area (Å²) in [6.07, 6.45) is 0. The molecule has 2 N–H and O–H groups in total. The van der Waals surface area contributed by atoms with Crippen molar-refractivity contribution in [2.75, 3.05) is 5.73 Å². The van der Waals surface area contributed by atoms with Crippen LogP contribution in [0, 0.1) is 5.82 Å². The minimum absolute atomic E-state index is 0.192. The topological polar surface area (TPSA) is 26.0 Å². The summed E-state index contributed by atoms with van der Waals surface area (Å²) in [5.74, 6) is -0.446. The molecule has 0 spiro atoms. The zero-order valence-electron chi connectivity index (χ0n) is 8.48. The van der Waals surface area contributed by atoms with Crippen LogP contribution in [0.25, 0.3) is 11.1 Å². The first-order valence-electron chi connectivity index (χ1n) is 4.69. The van der Waals surface area contributed by atoms with Gasteiger partial charge in [0, 0.05) is 15.6 Å². The summed E-state index contributed by atoms with van der Waals surface area (Å²) in [4.78, 5) is 0. The van der Waals surface area contributed by atoms with Gasteiger partial charge >= 0.3 is 0 Å². The van der Waals surface area contributed by atoms with Crippen molar-refractivity contribution >= 4 is 44.8 Å². The molecule has 0 aliphatic rings. The second-order valence-corrected chi connectivity index (χ2v) is 5.07. The normalized spacial score (nSPS) is 10.6. The van der Waals surface area contributed by atoms with Crippen LogP contribution < -0.4 is 5.73 Å². The van der Waals surface area contributed by atoms with Crippen LogP contribution >= 0.6 is 39.1 Å². The molecule has 0 heterocycles. The Morgan fingerprint density at radius 3 is 2.47 bits per heavy atom. The molecule has 2 aromatic carbocycles. The number of rotatable bonds is 1. The first-order valence-corrected chi connectivity index (χ1v) is 6.24. The molecule has 1 nitrogen and oxygen atoms in total. The van der Waals surface area contributed by atoms with Gasteiger partial charge in [-0.2, -0.15) is 0 Å². The average Bonchev–Trinajstić information content (AvgIpc) is 2.27. The molecule has 0 unspecified atom stereocenters. The molecule has 0 atom stereocenters. The van der Waals surface area contributed by atoms with E-state index in [0.717, 1.165) is 4.47 Å². The zero-order chi connectivity index (χ0) is 12.6. The van der Waals surface area contributed by atoms with E-state index in [-0.39, 0.29) is 5.69 Å². The maximum Gasteiger partial charge on any atom is 0.125 e. The van der Waals surface area contributed by atoms with Crippen LogP contribution in [0.3, 0.4) is 0 Å². The van der Waals surface area contributed by atoms with E-state index >= 15 is 0 Å². The Kier molecular flexibility index (Phi) is 3.61. The predicted molar refractivity (Wildman–Crippen MR) is 74.0 cm³/mol. The van der Waals surface area contributed by atoms with Gasteiger partial charge in [0.2, 0.25) is 0 Å². The van der Waals surface area contributed by atoms with Crippen LogP contribution in [-0.4, -0.2) is 0 Å². The summed E-state index contributed by atoms with van der Waals surface area (Å²) < 4.78 is 14.1. The Hall–Kier alpha value is -0.770. The van der Waals surface area contributed by atoms with E-state index < -0.39 is 5.82 Å². The second kappa shape index (κ2) is 4.84. The first kappa shape index (κ1) is 12.7. The molecule has 0 aliphatic carbocycles. The molecule has 5 heteroatoms. The molecule has 88 valence electrons. The number of benzene rings is 2. The third-order valence-corrected chi connectivity index (χ3v) is 4.03. The maximum absolute atomic E-state index is 13.3. The van der Waals surface area contributed by atoms with Gasteiger partial charge in [-0.25, -0.2) is 4.39 Å². The van der Waals surface area contributed by atoms with Crippen LogP contribution in [0.1, 0.15) is 0 Å². The van der Waals surface area contributed by atoms with Crippen LogP contribution in [0.15, 0.2) is 34.8 Å². The molecule has 0 radical (unpaired) electrons. The molecule has 0 fully saturated rings. The Bertz CT molecular complexity index is 587. The van der Waals surface area contributed by atoms with Crippen molar-refractivity contribution in [3.8, 4) is 11.1 Å². The number of nitrogens with two attached hydrogens (primary N) is 1. The van der Waals surface area contributed by atoms with E-state index in [1.54, 1.807) is 18.2 Å². The van der Waals surface area contributed by atoms with Gasteiger partial charge in [0.25, 0.3) is 0 Å². The van der Waals surface area contributed by atoms with Gasteiger partial charge in [-0.05, 0) is 34.1 Å². The fraction of sp³-hybridized carbons (Fsp3) is 0. The summed E-state index contributed by atoms with van der Waals surface area (Å²) in [6.45, 7) is 0. The van der Waals surface area contributed by atoms with Gasteiger partial charge < -0.3 is 5.73 Å². The van der Waals surface area contributed by atoms with E-state index in [4.69, 9.17) is 28.9 Å². The third-order valence-electron chi connectivity index (χ3n) is 2.31. The van der Waals surface area contributed by atoms with Gasteiger partial charge in [0.05, 0.1) is 15.7 Å². The molecular weight excluding hydrogens is 328 g/mol. The molecule has 0 amide bonds. The Morgan fingerprint density at radius 2 is 1.76 bits per heavy atom. The number of nitrogen functional groups attached to an aromatic ring is 1. The predicted octanol–water partition coefficient (Wildman–Crippen LogP) is 5.14. The number of anilines is 1. The monoisotopic (exact) mass is 333 g/mol. The van der Waals surface area contributed by atoms with Crippen molar-refractivity contribution < 1.29 is 4.39 Å². The van der Waals surface area contributed by atoms with Crippen molar-refractivity contribution in [1.82, 2.24) is 0 Å². The first-order chi connectivity index (χ1) is 8.00. The lowest BCUT2D eigenvalue weighted by Gasteiger charge is -2.10. The van der Waals surface area contributed by atoms with Crippen LogP contribution in [0.2, 0.25) is 10.0 Å². The smallest absolute Gasteiger partial charge is 0.125 e. The zero-order valence-corrected chi connectivity index (χ0v) is 11.6. The van der Waals surface area contributed by atoms with Crippen molar-refractivity contribution in [1.29, 1.82) is 0 Å². The molecule has 17 heavy (non-hydrogen) atoms. The standard InChI is InChI=1S/C12H7BrCl2FN/c13-9-3-1-2-7(11(9)14)8-4-6(16)5-10(17)12(8)15/h1-5H,17H2. The Morgan fingerprint density at radius 1 is 1.06 bits per heavy atom. The molecule has 0 saturated heterocycles. The summed E-state index contributed by atoms with van der Waals surface area (Å²) in [5, 5.41) is 0.769. The fourth-order valence-corrected chi connectivity index (χ4v) is 2.32. The van der Waals surface area contributed by atoms with Crippen molar-refractivity contribution in [3.05, 3.63) is 50.7 Å². The minimum atomic E-state index is -0.446. The Labute approximate surface area is 116 Å². The lowest BCUT2D eigenvalue weighted by atomic mass is 10.0. The third kappa shape index (κ3) is 2.41. The molecule has 0 aromatic heterocycles. The van der Waals surface area contributed by atoms with E-state index in [1.807, 2.05) is 0 Å². The summed E-state index contributed by atoms with van der Waals surface area (Å²) in [6, 6.07) is 7.84. The minimum Gasteiger partial charge on any atom is -0.397 e. The molecular formula is C12H7BrCl2FN. The van der Waals surface area contributed by atoms with Gasteiger partial charge in [0.15, 0.2) is 0 Å². The highest BCUT2D eigenvalue weighted by molar-refractivity contribution is 9.10.